The second kappa shape index (κ2) is 6.84. The number of amides is 1. The van der Waals surface area contributed by atoms with Crippen molar-refractivity contribution in [3.8, 4) is 0 Å². The molecule has 1 fully saturated rings. The van der Waals surface area contributed by atoms with Gasteiger partial charge in [0.15, 0.2) is 5.89 Å². The molecule has 22 heavy (non-hydrogen) atoms. The third-order valence-electron chi connectivity index (χ3n) is 4.52. The first-order valence-corrected chi connectivity index (χ1v) is 8.59. The molecular formula is C18H30N2O2. The quantitative estimate of drug-likeness (QED) is 0.844. The van der Waals surface area contributed by atoms with E-state index in [1.165, 1.54) is 6.42 Å². The second-order valence-electron chi connectivity index (χ2n) is 7.42. The van der Waals surface area contributed by atoms with Crippen LogP contribution in [0, 0.1) is 6.92 Å². The van der Waals surface area contributed by atoms with Gasteiger partial charge in [-0.3, -0.25) is 4.79 Å². The molecule has 2 heterocycles. The number of hydrogen-bond acceptors (Lipinski definition) is 3. The highest BCUT2D eigenvalue weighted by molar-refractivity contribution is 5.76. The summed E-state index contributed by atoms with van der Waals surface area (Å²) in [4.78, 5) is 19.1. The van der Waals surface area contributed by atoms with Gasteiger partial charge in [0.2, 0.25) is 5.91 Å². The fourth-order valence-corrected chi connectivity index (χ4v) is 3.10. The second-order valence-corrected chi connectivity index (χ2v) is 7.42. The molecule has 0 radical (unpaired) electrons. The molecular weight excluding hydrogens is 276 g/mol. The van der Waals surface area contributed by atoms with Gasteiger partial charge in [0, 0.05) is 30.8 Å². The average Bonchev–Trinajstić information content (AvgIpc) is 2.86. The number of aromatic nitrogens is 1. The van der Waals surface area contributed by atoms with Gasteiger partial charge >= 0.3 is 0 Å². The van der Waals surface area contributed by atoms with Gasteiger partial charge in [-0.2, -0.15) is 0 Å². The smallest absolute Gasteiger partial charge is 0.223 e. The van der Waals surface area contributed by atoms with Crippen molar-refractivity contribution < 1.29 is 9.21 Å². The van der Waals surface area contributed by atoms with Crippen LogP contribution in [0.4, 0.5) is 0 Å². The SMILES string of the molecule is CCC1CCCCN1C(=O)CCc1oc(C(C)(C)C)nc1C. The van der Waals surface area contributed by atoms with Crippen LogP contribution in [0.25, 0.3) is 0 Å². The van der Waals surface area contributed by atoms with Crippen molar-refractivity contribution in [3.63, 3.8) is 0 Å². The molecule has 0 spiro atoms. The fourth-order valence-electron chi connectivity index (χ4n) is 3.10. The van der Waals surface area contributed by atoms with Crippen LogP contribution in [-0.4, -0.2) is 28.4 Å². The molecule has 2 rings (SSSR count). The summed E-state index contributed by atoms with van der Waals surface area (Å²) in [5.41, 5.74) is 0.830. The predicted octanol–water partition coefficient (Wildman–Crippen LogP) is 4.00. The highest BCUT2D eigenvalue weighted by Gasteiger charge is 2.26. The minimum Gasteiger partial charge on any atom is -0.445 e. The van der Waals surface area contributed by atoms with Gasteiger partial charge in [0.05, 0.1) is 5.69 Å². The Kier molecular flexibility index (Phi) is 5.30. The number of carbonyl (C=O) groups is 1. The van der Waals surface area contributed by atoms with Gasteiger partial charge in [-0.05, 0) is 32.6 Å². The molecule has 4 heteroatoms. The normalized spacial score (nSPS) is 19.5. The first-order chi connectivity index (χ1) is 10.3. The summed E-state index contributed by atoms with van der Waals surface area (Å²) >= 11 is 0. The molecule has 1 aliphatic rings. The van der Waals surface area contributed by atoms with Crippen LogP contribution in [0.5, 0.6) is 0 Å². The third-order valence-corrected chi connectivity index (χ3v) is 4.52. The minimum absolute atomic E-state index is 0.0901. The van der Waals surface area contributed by atoms with Crippen LogP contribution in [0.3, 0.4) is 0 Å². The first kappa shape index (κ1) is 17.0. The molecule has 0 saturated carbocycles. The van der Waals surface area contributed by atoms with E-state index in [1.807, 2.05) is 6.92 Å². The molecule has 0 bridgehead atoms. The Morgan fingerprint density at radius 1 is 1.36 bits per heavy atom. The lowest BCUT2D eigenvalue weighted by atomic mass is 9.97. The number of likely N-dealkylation sites (tertiary alicyclic amines) is 1. The summed E-state index contributed by atoms with van der Waals surface area (Å²) in [5.74, 6) is 1.89. The van der Waals surface area contributed by atoms with Crippen LogP contribution < -0.4 is 0 Å². The zero-order valence-corrected chi connectivity index (χ0v) is 14.7. The van der Waals surface area contributed by atoms with Gasteiger partial charge in [-0.1, -0.05) is 27.7 Å². The van der Waals surface area contributed by atoms with Crippen LogP contribution in [0.2, 0.25) is 0 Å². The van der Waals surface area contributed by atoms with Crippen LogP contribution >= 0.6 is 0 Å². The molecule has 1 aliphatic heterocycles. The topological polar surface area (TPSA) is 46.3 Å². The Morgan fingerprint density at radius 2 is 2.09 bits per heavy atom. The van der Waals surface area contributed by atoms with Gasteiger partial charge < -0.3 is 9.32 Å². The van der Waals surface area contributed by atoms with Crippen LogP contribution in [-0.2, 0) is 16.6 Å². The number of oxazole rings is 1. The van der Waals surface area contributed by atoms with Crippen LogP contribution in [0.15, 0.2) is 4.42 Å². The first-order valence-electron chi connectivity index (χ1n) is 8.59. The molecule has 1 saturated heterocycles. The molecule has 0 aromatic carbocycles. The highest BCUT2D eigenvalue weighted by atomic mass is 16.4. The zero-order valence-electron chi connectivity index (χ0n) is 14.7. The van der Waals surface area contributed by atoms with Crippen molar-refractivity contribution in [1.82, 2.24) is 9.88 Å². The van der Waals surface area contributed by atoms with Crippen molar-refractivity contribution in [2.45, 2.75) is 84.6 Å². The summed E-state index contributed by atoms with van der Waals surface area (Å²) in [6.07, 6.45) is 5.77. The zero-order chi connectivity index (χ0) is 16.3. The third kappa shape index (κ3) is 3.90. The van der Waals surface area contributed by atoms with E-state index in [2.05, 4.69) is 37.6 Å². The standard InChI is InChI=1S/C18H30N2O2/c1-6-14-9-7-8-12-20(14)16(21)11-10-15-13(2)19-17(22-15)18(3,4)5/h14H,6-12H2,1-5H3. The average molecular weight is 306 g/mol. The van der Waals surface area contributed by atoms with Crippen molar-refractivity contribution >= 4 is 5.91 Å². The molecule has 1 unspecified atom stereocenters. The molecule has 1 aromatic heterocycles. The van der Waals surface area contributed by atoms with E-state index in [-0.39, 0.29) is 11.3 Å². The molecule has 0 N–H and O–H groups in total. The number of aryl methyl sites for hydroxylation is 2. The Labute approximate surface area is 134 Å². The van der Waals surface area contributed by atoms with E-state index in [4.69, 9.17) is 4.42 Å². The highest BCUT2D eigenvalue weighted by Crippen LogP contribution is 2.25. The lowest BCUT2D eigenvalue weighted by Crippen LogP contribution is -2.43. The van der Waals surface area contributed by atoms with E-state index < -0.39 is 0 Å². The number of hydrogen-bond donors (Lipinski definition) is 0. The van der Waals surface area contributed by atoms with Crippen molar-refractivity contribution in [2.24, 2.45) is 0 Å². The van der Waals surface area contributed by atoms with Gasteiger partial charge in [0.1, 0.15) is 5.76 Å². The van der Waals surface area contributed by atoms with Crippen LogP contribution in [0.1, 0.15) is 77.1 Å². The molecule has 1 aromatic rings. The van der Waals surface area contributed by atoms with Gasteiger partial charge in [0.25, 0.3) is 0 Å². The number of carbonyl (C=O) groups excluding carboxylic acids is 1. The molecule has 1 amide bonds. The Bertz CT molecular complexity index is 514. The predicted molar refractivity (Wildman–Crippen MR) is 87.9 cm³/mol. The van der Waals surface area contributed by atoms with Crippen molar-refractivity contribution in [2.75, 3.05) is 6.54 Å². The van der Waals surface area contributed by atoms with Crippen molar-refractivity contribution in [3.05, 3.63) is 17.3 Å². The lowest BCUT2D eigenvalue weighted by Gasteiger charge is -2.35. The monoisotopic (exact) mass is 306 g/mol. The molecule has 1 atom stereocenters. The summed E-state index contributed by atoms with van der Waals surface area (Å²) in [6.45, 7) is 11.3. The Balaban J connectivity index is 1.97. The summed E-state index contributed by atoms with van der Waals surface area (Å²) < 4.78 is 5.89. The van der Waals surface area contributed by atoms with E-state index >= 15 is 0 Å². The maximum atomic E-state index is 12.5. The number of piperidine rings is 1. The van der Waals surface area contributed by atoms with E-state index in [0.29, 0.717) is 18.9 Å². The number of rotatable bonds is 4. The maximum Gasteiger partial charge on any atom is 0.223 e. The van der Waals surface area contributed by atoms with Gasteiger partial charge in [-0.25, -0.2) is 4.98 Å². The Hall–Kier alpha value is -1.32. The van der Waals surface area contributed by atoms with E-state index in [9.17, 15) is 4.79 Å². The summed E-state index contributed by atoms with van der Waals surface area (Å²) in [7, 11) is 0. The fraction of sp³-hybridized carbons (Fsp3) is 0.778. The molecule has 124 valence electrons. The molecule has 4 nitrogen and oxygen atoms in total. The number of nitrogens with zero attached hydrogens (tertiary/aromatic N) is 2. The van der Waals surface area contributed by atoms with Gasteiger partial charge in [-0.15, -0.1) is 0 Å². The maximum absolute atomic E-state index is 12.5. The lowest BCUT2D eigenvalue weighted by molar-refractivity contribution is -0.135. The summed E-state index contributed by atoms with van der Waals surface area (Å²) in [6, 6.07) is 0.433. The largest absolute Gasteiger partial charge is 0.445 e. The van der Waals surface area contributed by atoms with E-state index in [1.54, 1.807) is 0 Å². The van der Waals surface area contributed by atoms with E-state index in [0.717, 1.165) is 43.2 Å². The van der Waals surface area contributed by atoms with Crippen molar-refractivity contribution in [1.29, 1.82) is 0 Å². The Morgan fingerprint density at radius 3 is 2.68 bits per heavy atom. The molecule has 0 aliphatic carbocycles. The minimum atomic E-state index is -0.0901. The summed E-state index contributed by atoms with van der Waals surface area (Å²) in [5, 5.41) is 0.